The van der Waals surface area contributed by atoms with Crippen LogP contribution in [0.25, 0.3) is 34.2 Å². The van der Waals surface area contributed by atoms with Crippen LogP contribution >= 0.6 is 0 Å². The quantitative estimate of drug-likeness (QED) is 0.332. The minimum atomic E-state index is 0.651. The Morgan fingerprint density at radius 1 is 0.794 bits per heavy atom. The first-order valence-electron chi connectivity index (χ1n) is 12.3. The van der Waals surface area contributed by atoms with Gasteiger partial charge < -0.3 is 11.1 Å². The number of para-hydroxylation sites is 1. The molecule has 4 nitrogen and oxygen atoms in total. The zero-order valence-electron chi connectivity index (χ0n) is 19.5. The van der Waals surface area contributed by atoms with Crippen molar-refractivity contribution < 1.29 is 0 Å². The fourth-order valence-corrected chi connectivity index (χ4v) is 4.93. The highest BCUT2D eigenvalue weighted by Gasteiger charge is 2.21. The number of hydrogen-bond acceptors (Lipinski definition) is 4. The predicted molar refractivity (Wildman–Crippen MR) is 143 cm³/mol. The molecule has 5 rings (SSSR count). The largest absolute Gasteiger partial charge is 0.369 e. The van der Waals surface area contributed by atoms with Crippen molar-refractivity contribution in [1.82, 2.24) is 9.97 Å². The van der Waals surface area contributed by atoms with Gasteiger partial charge in [0, 0.05) is 11.9 Å². The van der Waals surface area contributed by atoms with Crippen LogP contribution in [0.3, 0.4) is 0 Å². The summed E-state index contributed by atoms with van der Waals surface area (Å²) in [5.41, 5.74) is 10.5. The summed E-state index contributed by atoms with van der Waals surface area (Å²) in [6.45, 7) is 1.73. The van der Waals surface area contributed by atoms with Crippen molar-refractivity contribution in [3.63, 3.8) is 0 Å². The molecule has 34 heavy (non-hydrogen) atoms. The molecule has 0 saturated heterocycles. The molecule has 1 aliphatic carbocycles. The molecule has 0 radical (unpaired) electrons. The van der Waals surface area contributed by atoms with Crippen LogP contribution in [0.4, 0.5) is 5.82 Å². The molecule has 0 spiro atoms. The summed E-state index contributed by atoms with van der Waals surface area (Å²) in [7, 11) is 0. The first kappa shape index (κ1) is 22.3. The highest BCUT2D eigenvalue weighted by molar-refractivity contribution is 5.90. The van der Waals surface area contributed by atoms with Crippen molar-refractivity contribution in [2.75, 3.05) is 18.4 Å². The second-order valence-electron chi connectivity index (χ2n) is 9.28. The van der Waals surface area contributed by atoms with E-state index in [0.717, 1.165) is 41.2 Å². The Morgan fingerprint density at radius 3 is 2.35 bits per heavy atom. The summed E-state index contributed by atoms with van der Waals surface area (Å²) < 4.78 is 0. The summed E-state index contributed by atoms with van der Waals surface area (Å²) in [5.74, 6) is 2.95. The fourth-order valence-electron chi connectivity index (χ4n) is 4.93. The standard InChI is InChI=1S/C30H32N4/c31-20-23-7-6-8-24(19-23)21-32-30-27-11-4-5-12-28(27)33-29(34-30)18-15-22-13-16-26(17-14-22)25-9-2-1-3-10-25/h1-5,9-18,23-24H,6-8,19-21,31H2,(H,32,33,34). The second-order valence-corrected chi connectivity index (χ2v) is 9.28. The monoisotopic (exact) mass is 448 g/mol. The normalized spacial score (nSPS) is 18.4. The summed E-state index contributed by atoms with van der Waals surface area (Å²) in [6.07, 6.45) is 9.09. The van der Waals surface area contributed by atoms with Crippen molar-refractivity contribution in [2.45, 2.75) is 25.7 Å². The molecule has 3 aromatic carbocycles. The van der Waals surface area contributed by atoms with Crippen LogP contribution in [-0.4, -0.2) is 23.1 Å². The number of anilines is 1. The van der Waals surface area contributed by atoms with Gasteiger partial charge in [-0.15, -0.1) is 0 Å². The average molecular weight is 449 g/mol. The Balaban J connectivity index is 1.34. The van der Waals surface area contributed by atoms with Crippen molar-refractivity contribution >= 4 is 28.9 Å². The van der Waals surface area contributed by atoms with Gasteiger partial charge in [0.25, 0.3) is 0 Å². The van der Waals surface area contributed by atoms with Crippen molar-refractivity contribution in [3.05, 3.63) is 90.3 Å². The molecular weight excluding hydrogens is 416 g/mol. The molecule has 0 amide bonds. The van der Waals surface area contributed by atoms with Gasteiger partial charge in [-0.2, -0.15) is 0 Å². The van der Waals surface area contributed by atoms with Crippen molar-refractivity contribution in [1.29, 1.82) is 0 Å². The fraction of sp³-hybridized carbons (Fsp3) is 0.267. The van der Waals surface area contributed by atoms with Crippen LogP contribution in [0.15, 0.2) is 78.9 Å². The molecule has 1 saturated carbocycles. The molecule has 2 unspecified atom stereocenters. The van der Waals surface area contributed by atoms with E-state index in [0.29, 0.717) is 11.8 Å². The van der Waals surface area contributed by atoms with Crippen molar-refractivity contribution in [2.24, 2.45) is 17.6 Å². The third-order valence-corrected chi connectivity index (χ3v) is 6.85. The number of aromatic nitrogens is 2. The molecule has 4 heteroatoms. The second kappa shape index (κ2) is 10.6. The molecular formula is C30H32N4. The van der Waals surface area contributed by atoms with E-state index >= 15 is 0 Å². The molecule has 0 aliphatic heterocycles. The lowest BCUT2D eigenvalue weighted by Crippen LogP contribution is -2.26. The first-order chi connectivity index (χ1) is 16.8. The molecule has 2 atom stereocenters. The highest BCUT2D eigenvalue weighted by atomic mass is 15.0. The van der Waals surface area contributed by atoms with E-state index in [1.165, 1.54) is 36.8 Å². The Kier molecular flexibility index (Phi) is 6.97. The van der Waals surface area contributed by atoms with Crippen LogP contribution in [0, 0.1) is 11.8 Å². The maximum absolute atomic E-state index is 5.94. The number of rotatable bonds is 7. The zero-order valence-corrected chi connectivity index (χ0v) is 19.5. The molecule has 0 bridgehead atoms. The third-order valence-electron chi connectivity index (χ3n) is 6.85. The van der Waals surface area contributed by atoms with E-state index in [9.17, 15) is 0 Å². The van der Waals surface area contributed by atoms with Gasteiger partial charge in [-0.3, -0.25) is 0 Å². The van der Waals surface area contributed by atoms with E-state index in [-0.39, 0.29) is 0 Å². The van der Waals surface area contributed by atoms with Crippen LogP contribution in [0.5, 0.6) is 0 Å². The highest BCUT2D eigenvalue weighted by Crippen LogP contribution is 2.29. The maximum atomic E-state index is 5.94. The zero-order chi connectivity index (χ0) is 23.2. The van der Waals surface area contributed by atoms with E-state index in [2.05, 4.69) is 72.1 Å². The summed E-state index contributed by atoms with van der Waals surface area (Å²) in [6, 6.07) is 27.2. The Morgan fingerprint density at radius 2 is 1.53 bits per heavy atom. The SMILES string of the molecule is NCC1CCCC(CNc2nc(C=Cc3ccc(-c4ccccc4)cc3)nc3ccccc23)C1. The number of nitrogens with zero attached hydrogens (tertiary/aromatic N) is 2. The van der Waals surface area contributed by atoms with Gasteiger partial charge in [0.05, 0.1) is 5.52 Å². The molecule has 4 aromatic rings. The van der Waals surface area contributed by atoms with Gasteiger partial charge in [-0.1, -0.05) is 79.2 Å². The first-order valence-corrected chi connectivity index (χ1v) is 12.3. The number of fused-ring (bicyclic) bond motifs is 1. The topological polar surface area (TPSA) is 63.8 Å². The maximum Gasteiger partial charge on any atom is 0.154 e. The molecule has 1 heterocycles. The molecule has 3 N–H and O–H groups in total. The van der Waals surface area contributed by atoms with Gasteiger partial charge in [-0.05, 0) is 72.5 Å². The lowest BCUT2D eigenvalue weighted by Gasteiger charge is -2.28. The number of benzene rings is 3. The van der Waals surface area contributed by atoms with Gasteiger partial charge in [-0.25, -0.2) is 9.97 Å². The van der Waals surface area contributed by atoms with E-state index < -0.39 is 0 Å². The Labute approximate surface area is 202 Å². The van der Waals surface area contributed by atoms with Gasteiger partial charge in [0.1, 0.15) is 5.82 Å². The van der Waals surface area contributed by atoms with Crippen LogP contribution in [-0.2, 0) is 0 Å². The third kappa shape index (κ3) is 5.35. The van der Waals surface area contributed by atoms with E-state index in [4.69, 9.17) is 15.7 Å². The van der Waals surface area contributed by atoms with E-state index in [1.807, 2.05) is 24.3 Å². The minimum Gasteiger partial charge on any atom is -0.369 e. The molecule has 172 valence electrons. The van der Waals surface area contributed by atoms with Crippen LogP contribution in [0.2, 0.25) is 0 Å². The molecule has 1 aromatic heterocycles. The van der Waals surface area contributed by atoms with Gasteiger partial charge >= 0.3 is 0 Å². The number of hydrogen-bond donors (Lipinski definition) is 2. The van der Waals surface area contributed by atoms with Crippen LogP contribution in [0.1, 0.15) is 37.1 Å². The average Bonchev–Trinajstić information content (AvgIpc) is 2.91. The lowest BCUT2D eigenvalue weighted by atomic mass is 9.81. The van der Waals surface area contributed by atoms with Gasteiger partial charge in [0.15, 0.2) is 5.82 Å². The van der Waals surface area contributed by atoms with E-state index in [1.54, 1.807) is 0 Å². The summed E-state index contributed by atoms with van der Waals surface area (Å²) >= 11 is 0. The van der Waals surface area contributed by atoms with Crippen molar-refractivity contribution in [3.8, 4) is 11.1 Å². The Hall–Kier alpha value is -3.50. The summed E-state index contributed by atoms with van der Waals surface area (Å²) in [4.78, 5) is 9.65. The predicted octanol–water partition coefficient (Wildman–Crippen LogP) is 6.64. The molecule has 1 fully saturated rings. The van der Waals surface area contributed by atoms with Gasteiger partial charge in [0.2, 0.25) is 0 Å². The Bertz CT molecular complexity index is 1250. The lowest BCUT2D eigenvalue weighted by molar-refractivity contribution is 0.281. The minimum absolute atomic E-state index is 0.651. The van der Waals surface area contributed by atoms with Crippen LogP contribution < -0.4 is 11.1 Å². The smallest absolute Gasteiger partial charge is 0.154 e. The number of nitrogens with one attached hydrogen (secondary N) is 1. The molecule has 1 aliphatic rings. The summed E-state index contributed by atoms with van der Waals surface area (Å²) in [5, 5.41) is 4.71. The number of nitrogens with two attached hydrogens (primary N) is 1.